The Morgan fingerprint density at radius 1 is 1.32 bits per heavy atom. The number of carbonyl (C=O) groups excluding carboxylic acids is 1. The Morgan fingerprint density at radius 3 is 2.91 bits per heavy atom. The first-order valence-corrected chi connectivity index (χ1v) is 7.93. The van der Waals surface area contributed by atoms with Gasteiger partial charge in [-0.15, -0.1) is 0 Å². The van der Waals surface area contributed by atoms with E-state index in [1.54, 1.807) is 0 Å². The number of benzene rings is 1. The van der Waals surface area contributed by atoms with Crippen LogP contribution < -0.4 is 0 Å². The molecule has 3 heteroatoms. The van der Waals surface area contributed by atoms with E-state index in [1.807, 2.05) is 18.2 Å². The maximum atomic E-state index is 11.9. The highest BCUT2D eigenvalue weighted by atomic mass is 16.6. The van der Waals surface area contributed by atoms with Crippen LogP contribution in [0.25, 0.3) is 6.08 Å². The molecule has 0 amide bonds. The summed E-state index contributed by atoms with van der Waals surface area (Å²) in [4.78, 5) is 11.9. The minimum atomic E-state index is -0.476. The second-order valence-electron chi connectivity index (χ2n) is 5.90. The SMILES string of the molecule is COC(=O)[C@H]1CC2=CCCC[C@@H]2[C@@H](/C=C/c2ccccc2)O1. The van der Waals surface area contributed by atoms with Crippen LogP contribution in [0.1, 0.15) is 31.2 Å². The molecule has 0 N–H and O–H groups in total. The molecule has 22 heavy (non-hydrogen) atoms. The van der Waals surface area contributed by atoms with Gasteiger partial charge < -0.3 is 9.47 Å². The molecule has 1 heterocycles. The van der Waals surface area contributed by atoms with Gasteiger partial charge in [0.2, 0.25) is 0 Å². The summed E-state index contributed by atoms with van der Waals surface area (Å²) < 4.78 is 10.9. The highest BCUT2D eigenvalue weighted by molar-refractivity contribution is 5.75. The topological polar surface area (TPSA) is 35.5 Å². The maximum Gasteiger partial charge on any atom is 0.335 e. The Balaban J connectivity index is 1.80. The molecular weight excluding hydrogens is 276 g/mol. The van der Waals surface area contributed by atoms with Crippen LogP contribution in [0.2, 0.25) is 0 Å². The highest BCUT2D eigenvalue weighted by Gasteiger charge is 2.37. The minimum Gasteiger partial charge on any atom is -0.467 e. The van der Waals surface area contributed by atoms with Crippen LogP contribution in [0, 0.1) is 5.92 Å². The summed E-state index contributed by atoms with van der Waals surface area (Å²) in [6.07, 6.45) is 10.0. The standard InChI is InChI=1S/C19H22O3/c1-21-19(20)18-13-15-9-5-6-10-16(15)17(22-18)12-11-14-7-3-2-4-8-14/h2-4,7-9,11-12,16-18H,5-6,10,13H2,1H3/b12-11+/t16-,17+,18+/m0/s1. The van der Waals surface area contributed by atoms with Crippen molar-refractivity contribution in [3.8, 4) is 0 Å². The molecule has 0 unspecified atom stereocenters. The number of esters is 1. The summed E-state index contributed by atoms with van der Waals surface area (Å²) >= 11 is 0. The summed E-state index contributed by atoms with van der Waals surface area (Å²) in [6, 6.07) is 10.2. The van der Waals surface area contributed by atoms with Crippen LogP contribution in [0.4, 0.5) is 0 Å². The summed E-state index contributed by atoms with van der Waals surface area (Å²) in [5.41, 5.74) is 2.50. The van der Waals surface area contributed by atoms with Gasteiger partial charge in [0, 0.05) is 12.3 Å². The molecule has 1 aliphatic carbocycles. The predicted octanol–water partition coefficient (Wildman–Crippen LogP) is 3.76. The highest BCUT2D eigenvalue weighted by Crippen LogP contribution is 2.38. The Labute approximate surface area is 131 Å². The summed E-state index contributed by atoms with van der Waals surface area (Å²) in [6.45, 7) is 0. The lowest BCUT2D eigenvalue weighted by atomic mass is 9.78. The van der Waals surface area contributed by atoms with E-state index < -0.39 is 6.10 Å². The third kappa shape index (κ3) is 3.30. The van der Waals surface area contributed by atoms with E-state index in [-0.39, 0.29) is 12.1 Å². The van der Waals surface area contributed by atoms with Crippen molar-refractivity contribution < 1.29 is 14.3 Å². The normalized spacial score (nSPS) is 28.0. The fourth-order valence-electron chi connectivity index (χ4n) is 3.34. The average molecular weight is 298 g/mol. The van der Waals surface area contributed by atoms with Crippen molar-refractivity contribution in [2.45, 2.75) is 37.9 Å². The van der Waals surface area contributed by atoms with Crippen molar-refractivity contribution >= 4 is 12.0 Å². The largest absolute Gasteiger partial charge is 0.467 e. The number of ether oxygens (including phenoxy) is 2. The average Bonchev–Trinajstić information content (AvgIpc) is 2.59. The molecule has 1 aromatic rings. The van der Waals surface area contributed by atoms with Crippen molar-refractivity contribution in [3.05, 3.63) is 53.6 Å². The fraction of sp³-hybridized carbons (Fsp3) is 0.421. The predicted molar refractivity (Wildman–Crippen MR) is 86.2 cm³/mol. The lowest BCUT2D eigenvalue weighted by Crippen LogP contribution is -2.41. The van der Waals surface area contributed by atoms with Crippen molar-refractivity contribution in [1.82, 2.24) is 0 Å². The quantitative estimate of drug-likeness (QED) is 0.629. The van der Waals surface area contributed by atoms with E-state index in [9.17, 15) is 4.79 Å². The van der Waals surface area contributed by atoms with Gasteiger partial charge in [0.05, 0.1) is 13.2 Å². The number of fused-ring (bicyclic) bond motifs is 1. The molecule has 1 aliphatic heterocycles. The molecule has 2 aliphatic rings. The first kappa shape index (κ1) is 15.0. The molecular formula is C19H22O3. The summed E-state index contributed by atoms with van der Waals surface area (Å²) in [5.74, 6) is 0.123. The number of allylic oxidation sites excluding steroid dienone is 1. The number of rotatable bonds is 3. The fourth-order valence-corrected chi connectivity index (χ4v) is 3.34. The van der Waals surface area contributed by atoms with Gasteiger partial charge in [0.1, 0.15) is 0 Å². The monoisotopic (exact) mass is 298 g/mol. The zero-order valence-corrected chi connectivity index (χ0v) is 12.9. The van der Waals surface area contributed by atoms with Crippen molar-refractivity contribution in [2.24, 2.45) is 5.92 Å². The van der Waals surface area contributed by atoms with Gasteiger partial charge in [0.15, 0.2) is 6.10 Å². The smallest absolute Gasteiger partial charge is 0.335 e. The van der Waals surface area contributed by atoms with Crippen molar-refractivity contribution in [3.63, 3.8) is 0 Å². The number of carbonyl (C=O) groups is 1. The Morgan fingerprint density at radius 2 is 2.14 bits per heavy atom. The first-order chi connectivity index (χ1) is 10.8. The second kappa shape index (κ2) is 6.93. The molecule has 1 fully saturated rings. The minimum absolute atomic E-state index is 0.0513. The lowest BCUT2D eigenvalue weighted by Gasteiger charge is -2.38. The molecule has 1 aromatic carbocycles. The molecule has 1 saturated heterocycles. The zero-order valence-electron chi connectivity index (χ0n) is 12.9. The van der Waals surface area contributed by atoms with Gasteiger partial charge in [-0.1, -0.05) is 54.1 Å². The summed E-state index contributed by atoms with van der Waals surface area (Å²) in [7, 11) is 1.42. The van der Waals surface area contributed by atoms with Gasteiger partial charge in [0.25, 0.3) is 0 Å². The van der Waals surface area contributed by atoms with E-state index in [4.69, 9.17) is 9.47 Å². The molecule has 0 spiro atoms. The molecule has 0 saturated carbocycles. The number of hydrogen-bond acceptors (Lipinski definition) is 3. The van der Waals surface area contributed by atoms with E-state index in [2.05, 4.69) is 30.4 Å². The van der Waals surface area contributed by atoms with Crippen LogP contribution >= 0.6 is 0 Å². The van der Waals surface area contributed by atoms with Crippen LogP contribution in [0.15, 0.2) is 48.1 Å². The molecule has 116 valence electrons. The second-order valence-corrected chi connectivity index (χ2v) is 5.90. The van der Waals surface area contributed by atoms with Gasteiger partial charge in [-0.3, -0.25) is 0 Å². The molecule has 0 aromatic heterocycles. The maximum absolute atomic E-state index is 11.9. The van der Waals surface area contributed by atoms with E-state index in [1.165, 1.54) is 19.1 Å². The first-order valence-electron chi connectivity index (χ1n) is 7.93. The van der Waals surface area contributed by atoms with Crippen molar-refractivity contribution in [1.29, 1.82) is 0 Å². The van der Waals surface area contributed by atoms with Crippen LogP contribution in [0.3, 0.4) is 0 Å². The van der Waals surface area contributed by atoms with Gasteiger partial charge in [-0.25, -0.2) is 4.79 Å². The van der Waals surface area contributed by atoms with E-state index >= 15 is 0 Å². The number of methoxy groups -OCH3 is 1. The van der Waals surface area contributed by atoms with Crippen molar-refractivity contribution in [2.75, 3.05) is 7.11 Å². The molecule has 0 bridgehead atoms. The lowest BCUT2D eigenvalue weighted by molar-refractivity contribution is -0.160. The third-order valence-electron chi connectivity index (χ3n) is 4.48. The number of hydrogen-bond donors (Lipinski definition) is 0. The van der Waals surface area contributed by atoms with Gasteiger partial charge in [-0.05, 0) is 24.8 Å². The van der Waals surface area contributed by atoms with Crippen LogP contribution in [-0.4, -0.2) is 25.3 Å². The van der Waals surface area contributed by atoms with Crippen LogP contribution in [-0.2, 0) is 14.3 Å². The zero-order chi connectivity index (χ0) is 15.4. The molecule has 3 rings (SSSR count). The Bertz CT molecular complexity index is 574. The van der Waals surface area contributed by atoms with Gasteiger partial charge in [-0.2, -0.15) is 0 Å². The summed E-state index contributed by atoms with van der Waals surface area (Å²) in [5, 5.41) is 0. The Kier molecular flexibility index (Phi) is 4.74. The van der Waals surface area contributed by atoms with Gasteiger partial charge >= 0.3 is 5.97 Å². The third-order valence-corrected chi connectivity index (χ3v) is 4.48. The molecule has 3 atom stereocenters. The van der Waals surface area contributed by atoms with Crippen LogP contribution in [0.5, 0.6) is 0 Å². The molecule has 3 nitrogen and oxygen atoms in total. The molecule has 0 radical (unpaired) electrons. The Hall–Kier alpha value is -1.87. The van der Waals surface area contributed by atoms with E-state index in [0.717, 1.165) is 18.4 Å². The van der Waals surface area contributed by atoms with E-state index in [0.29, 0.717) is 12.3 Å².